The SMILES string of the molecule is COc1cccc(-c2nccn2C[C@H]2CCS(=O)(=O)C2)c1OC. The van der Waals surface area contributed by atoms with E-state index in [9.17, 15) is 8.42 Å². The van der Waals surface area contributed by atoms with Crippen molar-refractivity contribution >= 4 is 9.84 Å². The van der Waals surface area contributed by atoms with Crippen molar-refractivity contribution in [3.63, 3.8) is 0 Å². The minimum absolute atomic E-state index is 0.129. The second-order valence-corrected chi connectivity index (χ2v) is 7.94. The molecule has 1 aromatic carbocycles. The van der Waals surface area contributed by atoms with E-state index in [1.54, 1.807) is 20.4 Å². The maximum Gasteiger partial charge on any atom is 0.171 e. The van der Waals surface area contributed by atoms with Crippen LogP contribution in [0, 0.1) is 5.92 Å². The molecule has 1 atom stereocenters. The number of benzene rings is 1. The van der Waals surface area contributed by atoms with Crippen LogP contribution in [-0.4, -0.2) is 43.7 Å². The van der Waals surface area contributed by atoms with Gasteiger partial charge in [-0.2, -0.15) is 0 Å². The standard InChI is InChI=1S/C16H20N2O4S/c1-21-14-5-3-4-13(15(14)22-2)16-17-7-8-18(16)10-12-6-9-23(19,20)11-12/h3-5,7-8,12H,6,9-11H2,1-2H3/t12-/m1/s1. The predicted molar refractivity (Wildman–Crippen MR) is 87.5 cm³/mol. The Morgan fingerprint density at radius 1 is 1.30 bits per heavy atom. The maximum absolute atomic E-state index is 11.6. The molecule has 2 aromatic rings. The van der Waals surface area contributed by atoms with Gasteiger partial charge in [-0.15, -0.1) is 0 Å². The van der Waals surface area contributed by atoms with Crippen molar-refractivity contribution in [2.75, 3.05) is 25.7 Å². The van der Waals surface area contributed by atoms with Crippen LogP contribution in [0.1, 0.15) is 6.42 Å². The van der Waals surface area contributed by atoms with Gasteiger partial charge < -0.3 is 14.0 Å². The molecule has 0 spiro atoms. The average Bonchev–Trinajstić information content (AvgIpc) is 3.12. The Morgan fingerprint density at radius 3 is 2.78 bits per heavy atom. The first-order valence-corrected chi connectivity index (χ1v) is 9.29. The summed E-state index contributed by atoms with van der Waals surface area (Å²) in [6.07, 6.45) is 4.30. The number of ether oxygens (including phenoxy) is 2. The highest BCUT2D eigenvalue weighted by molar-refractivity contribution is 7.91. The van der Waals surface area contributed by atoms with Gasteiger partial charge in [-0.05, 0) is 24.5 Å². The van der Waals surface area contributed by atoms with E-state index in [4.69, 9.17) is 9.47 Å². The quantitative estimate of drug-likeness (QED) is 0.835. The number of imidazole rings is 1. The van der Waals surface area contributed by atoms with E-state index >= 15 is 0 Å². The Balaban J connectivity index is 1.93. The summed E-state index contributed by atoms with van der Waals surface area (Å²) < 4.78 is 36.1. The summed E-state index contributed by atoms with van der Waals surface area (Å²) in [6, 6.07) is 5.64. The molecule has 1 saturated heterocycles. The first-order chi connectivity index (χ1) is 11.0. The van der Waals surface area contributed by atoms with E-state index in [0.717, 1.165) is 11.4 Å². The van der Waals surface area contributed by atoms with Crippen LogP contribution < -0.4 is 9.47 Å². The van der Waals surface area contributed by atoms with Gasteiger partial charge in [-0.25, -0.2) is 13.4 Å². The van der Waals surface area contributed by atoms with Crippen LogP contribution in [-0.2, 0) is 16.4 Å². The number of rotatable bonds is 5. The first-order valence-electron chi connectivity index (χ1n) is 7.47. The number of methoxy groups -OCH3 is 2. The Hall–Kier alpha value is -2.02. The van der Waals surface area contributed by atoms with Crippen molar-refractivity contribution in [2.24, 2.45) is 5.92 Å². The Kier molecular flexibility index (Phi) is 4.30. The second-order valence-electron chi connectivity index (χ2n) is 5.71. The van der Waals surface area contributed by atoms with Crippen molar-refractivity contribution in [1.82, 2.24) is 9.55 Å². The minimum atomic E-state index is -2.88. The molecule has 23 heavy (non-hydrogen) atoms. The number of sulfone groups is 1. The second kappa shape index (κ2) is 6.23. The van der Waals surface area contributed by atoms with Gasteiger partial charge in [0.25, 0.3) is 0 Å². The molecule has 1 aliphatic rings. The maximum atomic E-state index is 11.6. The van der Waals surface area contributed by atoms with Gasteiger partial charge in [0.1, 0.15) is 5.82 Å². The average molecular weight is 336 g/mol. The van der Waals surface area contributed by atoms with Crippen LogP contribution in [0.5, 0.6) is 11.5 Å². The monoisotopic (exact) mass is 336 g/mol. The zero-order valence-corrected chi connectivity index (χ0v) is 14.0. The van der Waals surface area contributed by atoms with Gasteiger partial charge in [-0.1, -0.05) is 6.07 Å². The molecule has 0 amide bonds. The van der Waals surface area contributed by atoms with Gasteiger partial charge >= 0.3 is 0 Å². The largest absolute Gasteiger partial charge is 0.493 e. The summed E-state index contributed by atoms with van der Waals surface area (Å²) in [5.41, 5.74) is 0.831. The van der Waals surface area contributed by atoms with E-state index < -0.39 is 9.84 Å². The zero-order chi connectivity index (χ0) is 16.4. The lowest BCUT2D eigenvalue weighted by Crippen LogP contribution is -2.13. The van der Waals surface area contributed by atoms with Crippen molar-refractivity contribution in [1.29, 1.82) is 0 Å². The summed E-state index contributed by atoms with van der Waals surface area (Å²) in [5.74, 6) is 2.68. The van der Waals surface area contributed by atoms with Gasteiger partial charge in [-0.3, -0.25) is 0 Å². The topological polar surface area (TPSA) is 70.4 Å². The number of aromatic nitrogens is 2. The van der Waals surface area contributed by atoms with E-state index in [1.165, 1.54) is 0 Å². The number of hydrogen-bond acceptors (Lipinski definition) is 5. The van der Waals surface area contributed by atoms with Crippen molar-refractivity contribution < 1.29 is 17.9 Å². The van der Waals surface area contributed by atoms with Gasteiger partial charge in [0.2, 0.25) is 0 Å². The Labute approximate surface area is 136 Å². The third-order valence-corrected chi connectivity index (χ3v) is 5.98. The highest BCUT2D eigenvalue weighted by Crippen LogP contribution is 2.37. The third kappa shape index (κ3) is 3.19. The summed E-state index contributed by atoms with van der Waals surface area (Å²) in [5, 5.41) is 0. The molecule has 6 nitrogen and oxygen atoms in total. The molecule has 2 heterocycles. The van der Waals surface area contributed by atoms with Crippen molar-refractivity contribution in [3.05, 3.63) is 30.6 Å². The molecule has 3 rings (SSSR count). The molecular formula is C16H20N2O4S. The van der Waals surface area contributed by atoms with E-state index in [1.807, 2.05) is 29.0 Å². The van der Waals surface area contributed by atoms with E-state index in [0.29, 0.717) is 24.5 Å². The van der Waals surface area contributed by atoms with Gasteiger partial charge in [0, 0.05) is 18.9 Å². The fourth-order valence-corrected chi connectivity index (χ4v) is 4.91. The smallest absolute Gasteiger partial charge is 0.171 e. The van der Waals surface area contributed by atoms with Crippen LogP contribution >= 0.6 is 0 Å². The van der Waals surface area contributed by atoms with Crippen LogP contribution in [0.4, 0.5) is 0 Å². The molecule has 0 bridgehead atoms. The van der Waals surface area contributed by atoms with E-state index in [2.05, 4.69) is 4.98 Å². The Bertz CT molecular complexity index is 798. The molecule has 0 aliphatic carbocycles. The fourth-order valence-electron chi connectivity index (χ4n) is 3.06. The molecule has 0 unspecified atom stereocenters. The molecule has 7 heteroatoms. The molecule has 0 saturated carbocycles. The Morgan fingerprint density at radius 2 is 2.13 bits per heavy atom. The highest BCUT2D eigenvalue weighted by Gasteiger charge is 2.28. The van der Waals surface area contributed by atoms with Crippen LogP contribution in [0.3, 0.4) is 0 Å². The number of hydrogen-bond donors (Lipinski definition) is 0. The number of nitrogens with zero attached hydrogens (tertiary/aromatic N) is 2. The van der Waals surface area contributed by atoms with Gasteiger partial charge in [0.15, 0.2) is 21.3 Å². The van der Waals surface area contributed by atoms with Crippen molar-refractivity contribution in [2.45, 2.75) is 13.0 Å². The molecule has 1 aliphatic heterocycles. The molecular weight excluding hydrogens is 316 g/mol. The summed E-state index contributed by atoms with van der Waals surface area (Å²) in [4.78, 5) is 4.43. The minimum Gasteiger partial charge on any atom is -0.493 e. The van der Waals surface area contributed by atoms with E-state index in [-0.39, 0.29) is 17.4 Å². The molecule has 0 N–H and O–H groups in total. The predicted octanol–water partition coefficient (Wildman–Crippen LogP) is 2.00. The molecule has 0 radical (unpaired) electrons. The van der Waals surface area contributed by atoms with Gasteiger partial charge in [0.05, 0.1) is 31.3 Å². The third-order valence-electron chi connectivity index (χ3n) is 4.14. The van der Waals surface area contributed by atoms with Crippen molar-refractivity contribution in [3.8, 4) is 22.9 Å². The highest BCUT2D eigenvalue weighted by atomic mass is 32.2. The zero-order valence-electron chi connectivity index (χ0n) is 13.2. The molecule has 124 valence electrons. The van der Waals surface area contributed by atoms with Crippen LogP contribution in [0.15, 0.2) is 30.6 Å². The lowest BCUT2D eigenvalue weighted by molar-refractivity contribution is 0.355. The first kappa shape index (κ1) is 15.9. The van der Waals surface area contributed by atoms with Crippen LogP contribution in [0.25, 0.3) is 11.4 Å². The molecule has 1 fully saturated rings. The fraction of sp³-hybridized carbons (Fsp3) is 0.438. The number of para-hydroxylation sites is 1. The lowest BCUT2D eigenvalue weighted by Gasteiger charge is -2.15. The van der Waals surface area contributed by atoms with Crippen LogP contribution in [0.2, 0.25) is 0 Å². The summed E-state index contributed by atoms with van der Waals surface area (Å²) >= 11 is 0. The molecule has 1 aromatic heterocycles. The normalized spacial score (nSPS) is 19.7. The lowest BCUT2D eigenvalue weighted by atomic mass is 10.1. The summed E-state index contributed by atoms with van der Waals surface area (Å²) in [6.45, 7) is 0.634. The summed E-state index contributed by atoms with van der Waals surface area (Å²) in [7, 11) is 0.312.